The molecule has 1 rings (SSSR count). The highest BCUT2D eigenvalue weighted by molar-refractivity contribution is 7.80. The zero-order valence-corrected chi connectivity index (χ0v) is 10.8. The number of nitrogens with two attached hydrogens (primary N) is 2. The fraction of sp³-hybridized carbons (Fsp3) is 0.250. The molecule has 18 heavy (non-hydrogen) atoms. The van der Waals surface area contributed by atoms with E-state index < -0.39 is 11.8 Å². The Hall–Kier alpha value is -1.95. The van der Waals surface area contributed by atoms with Crippen molar-refractivity contribution < 1.29 is 9.59 Å². The first-order valence-corrected chi connectivity index (χ1v) is 5.86. The van der Waals surface area contributed by atoms with E-state index in [0.29, 0.717) is 17.7 Å². The van der Waals surface area contributed by atoms with Gasteiger partial charge >= 0.3 is 0 Å². The Bertz CT molecular complexity index is 488. The third-order valence-electron chi connectivity index (χ3n) is 2.48. The Morgan fingerprint density at radius 1 is 1.39 bits per heavy atom. The SMILES string of the molecule is CCC(C(=O)Nc1cccc(C(N)=O)c1)C(N)=S. The zero-order valence-electron chi connectivity index (χ0n) is 9.97. The van der Waals surface area contributed by atoms with Crippen LogP contribution in [0, 0.1) is 5.92 Å². The summed E-state index contributed by atoms with van der Waals surface area (Å²) in [5.41, 5.74) is 11.5. The summed E-state index contributed by atoms with van der Waals surface area (Å²) in [7, 11) is 0. The first-order valence-electron chi connectivity index (χ1n) is 5.45. The van der Waals surface area contributed by atoms with Gasteiger partial charge in [0.05, 0.1) is 10.9 Å². The Kier molecular flexibility index (Phi) is 4.79. The van der Waals surface area contributed by atoms with Crippen molar-refractivity contribution in [2.45, 2.75) is 13.3 Å². The molecule has 2 amide bonds. The van der Waals surface area contributed by atoms with Gasteiger partial charge in [0.2, 0.25) is 11.8 Å². The van der Waals surface area contributed by atoms with Gasteiger partial charge in [-0.1, -0.05) is 25.2 Å². The molecule has 1 aromatic carbocycles. The molecule has 0 bridgehead atoms. The maximum atomic E-state index is 11.9. The summed E-state index contributed by atoms with van der Waals surface area (Å²) >= 11 is 4.82. The van der Waals surface area contributed by atoms with E-state index in [0.717, 1.165) is 0 Å². The van der Waals surface area contributed by atoms with Crippen LogP contribution in [0.3, 0.4) is 0 Å². The average molecular weight is 265 g/mol. The van der Waals surface area contributed by atoms with E-state index in [1.54, 1.807) is 18.2 Å². The van der Waals surface area contributed by atoms with Crippen LogP contribution < -0.4 is 16.8 Å². The maximum Gasteiger partial charge on any atom is 0.248 e. The zero-order chi connectivity index (χ0) is 13.7. The molecule has 0 aliphatic rings. The van der Waals surface area contributed by atoms with Gasteiger partial charge in [-0.3, -0.25) is 9.59 Å². The Morgan fingerprint density at radius 2 is 2.06 bits per heavy atom. The maximum absolute atomic E-state index is 11.9. The van der Waals surface area contributed by atoms with Crippen LogP contribution in [0.2, 0.25) is 0 Å². The van der Waals surface area contributed by atoms with Crippen molar-refractivity contribution in [3.8, 4) is 0 Å². The number of hydrogen-bond donors (Lipinski definition) is 3. The monoisotopic (exact) mass is 265 g/mol. The van der Waals surface area contributed by atoms with E-state index in [1.807, 2.05) is 6.92 Å². The fourth-order valence-electron chi connectivity index (χ4n) is 1.50. The van der Waals surface area contributed by atoms with E-state index >= 15 is 0 Å². The first kappa shape index (κ1) is 14.1. The van der Waals surface area contributed by atoms with Gasteiger partial charge in [-0.05, 0) is 24.6 Å². The molecule has 1 unspecified atom stereocenters. The lowest BCUT2D eigenvalue weighted by Crippen LogP contribution is -2.32. The summed E-state index contributed by atoms with van der Waals surface area (Å²) in [4.78, 5) is 23.0. The number of anilines is 1. The van der Waals surface area contributed by atoms with E-state index in [2.05, 4.69) is 5.32 Å². The summed E-state index contributed by atoms with van der Waals surface area (Å²) in [5.74, 6) is -1.35. The number of hydrogen-bond acceptors (Lipinski definition) is 3. The number of primary amides is 1. The number of rotatable bonds is 5. The number of carbonyl (C=O) groups is 2. The van der Waals surface area contributed by atoms with Gasteiger partial charge in [-0.15, -0.1) is 0 Å². The van der Waals surface area contributed by atoms with E-state index in [-0.39, 0.29) is 10.9 Å². The second-order valence-corrected chi connectivity index (χ2v) is 4.27. The standard InChI is InChI=1S/C12H15N3O2S/c1-2-9(11(14)18)12(17)15-8-5-3-4-7(6-8)10(13)16/h3-6,9H,2H2,1H3,(H2,13,16)(H2,14,18)(H,15,17). The highest BCUT2D eigenvalue weighted by Gasteiger charge is 2.19. The topological polar surface area (TPSA) is 98.2 Å². The highest BCUT2D eigenvalue weighted by atomic mass is 32.1. The molecular weight excluding hydrogens is 250 g/mol. The van der Waals surface area contributed by atoms with Crippen molar-refractivity contribution in [3.63, 3.8) is 0 Å². The molecule has 1 aromatic rings. The van der Waals surface area contributed by atoms with Crippen molar-refractivity contribution >= 4 is 34.7 Å². The summed E-state index contributed by atoms with van der Waals surface area (Å²) in [6, 6.07) is 6.38. The van der Waals surface area contributed by atoms with Crippen molar-refractivity contribution in [2.75, 3.05) is 5.32 Å². The minimum Gasteiger partial charge on any atom is -0.393 e. The Balaban J connectivity index is 2.84. The molecule has 0 heterocycles. The third kappa shape index (κ3) is 3.53. The molecule has 0 spiro atoms. The third-order valence-corrected chi connectivity index (χ3v) is 2.77. The minimum absolute atomic E-state index is 0.154. The number of thiocarbonyl (C=S) groups is 1. The lowest BCUT2D eigenvalue weighted by atomic mass is 10.1. The van der Waals surface area contributed by atoms with Gasteiger partial charge in [-0.25, -0.2) is 0 Å². The van der Waals surface area contributed by atoms with Crippen LogP contribution in [0.4, 0.5) is 5.69 Å². The van der Waals surface area contributed by atoms with Crippen LogP contribution in [0.1, 0.15) is 23.7 Å². The average Bonchev–Trinajstić information content (AvgIpc) is 2.29. The van der Waals surface area contributed by atoms with E-state index in [9.17, 15) is 9.59 Å². The molecule has 0 fully saturated rings. The van der Waals surface area contributed by atoms with Gasteiger partial charge in [0.25, 0.3) is 0 Å². The fourth-order valence-corrected chi connectivity index (χ4v) is 1.77. The molecule has 0 saturated carbocycles. The lowest BCUT2D eigenvalue weighted by Gasteiger charge is -2.13. The predicted molar refractivity (Wildman–Crippen MR) is 74.2 cm³/mol. The number of amides is 2. The molecule has 0 aliphatic carbocycles. The lowest BCUT2D eigenvalue weighted by molar-refractivity contribution is -0.118. The molecule has 6 heteroatoms. The molecule has 1 atom stereocenters. The van der Waals surface area contributed by atoms with Gasteiger partial charge in [0, 0.05) is 11.3 Å². The molecule has 5 nitrogen and oxygen atoms in total. The van der Waals surface area contributed by atoms with Gasteiger partial charge < -0.3 is 16.8 Å². The van der Waals surface area contributed by atoms with E-state index in [1.165, 1.54) is 6.07 Å². The minimum atomic E-state index is -0.549. The van der Waals surface area contributed by atoms with Gasteiger partial charge in [0.15, 0.2) is 0 Å². The van der Waals surface area contributed by atoms with Crippen LogP contribution in [0.25, 0.3) is 0 Å². The largest absolute Gasteiger partial charge is 0.393 e. The number of benzene rings is 1. The second kappa shape index (κ2) is 6.11. The van der Waals surface area contributed by atoms with Crippen LogP contribution in [0.5, 0.6) is 0 Å². The van der Waals surface area contributed by atoms with Crippen LogP contribution in [-0.4, -0.2) is 16.8 Å². The normalized spacial score (nSPS) is 11.6. The summed E-state index contributed by atoms with van der Waals surface area (Å²) < 4.78 is 0. The Morgan fingerprint density at radius 3 is 2.56 bits per heavy atom. The van der Waals surface area contributed by atoms with Gasteiger partial charge in [-0.2, -0.15) is 0 Å². The molecule has 0 aromatic heterocycles. The molecule has 0 aliphatic heterocycles. The van der Waals surface area contributed by atoms with Crippen molar-refractivity contribution in [3.05, 3.63) is 29.8 Å². The van der Waals surface area contributed by atoms with Crippen molar-refractivity contribution in [2.24, 2.45) is 17.4 Å². The van der Waals surface area contributed by atoms with E-state index in [4.69, 9.17) is 23.7 Å². The first-order chi connectivity index (χ1) is 8.45. The molecule has 96 valence electrons. The molecule has 5 N–H and O–H groups in total. The van der Waals surface area contributed by atoms with Gasteiger partial charge in [0.1, 0.15) is 0 Å². The summed E-state index contributed by atoms with van der Waals surface area (Å²) in [6.07, 6.45) is 0.524. The predicted octanol–water partition coefficient (Wildman–Crippen LogP) is 1.04. The quantitative estimate of drug-likeness (QED) is 0.693. The number of nitrogens with one attached hydrogen (secondary N) is 1. The molecular formula is C12H15N3O2S. The number of carbonyl (C=O) groups excluding carboxylic acids is 2. The second-order valence-electron chi connectivity index (χ2n) is 3.80. The van der Waals surface area contributed by atoms with Crippen LogP contribution in [0.15, 0.2) is 24.3 Å². The molecule has 0 saturated heterocycles. The molecule has 0 radical (unpaired) electrons. The highest BCUT2D eigenvalue weighted by Crippen LogP contribution is 2.13. The summed E-state index contributed by atoms with van der Waals surface area (Å²) in [6.45, 7) is 1.82. The van der Waals surface area contributed by atoms with Crippen molar-refractivity contribution in [1.29, 1.82) is 0 Å². The van der Waals surface area contributed by atoms with Crippen LogP contribution in [-0.2, 0) is 4.79 Å². The Labute approximate surface area is 111 Å². The smallest absolute Gasteiger partial charge is 0.248 e. The summed E-state index contributed by atoms with van der Waals surface area (Å²) in [5, 5.41) is 2.66. The van der Waals surface area contributed by atoms with Crippen LogP contribution >= 0.6 is 12.2 Å². The van der Waals surface area contributed by atoms with Crippen molar-refractivity contribution in [1.82, 2.24) is 0 Å².